The molecule has 1 saturated heterocycles. The topological polar surface area (TPSA) is 29.3 Å². The van der Waals surface area contributed by atoms with Gasteiger partial charge in [-0.15, -0.1) is 0 Å². The molecule has 3 heteroatoms. The van der Waals surface area contributed by atoms with Crippen molar-refractivity contribution in [3.8, 4) is 0 Å². The number of hydrogen-bond acceptors (Lipinski definition) is 2. The maximum Gasteiger partial charge on any atom is 0.106 e. The van der Waals surface area contributed by atoms with Crippen LogP contribution in [0.25, 0.3) is 0 Å². The number of nitrogens with zero attached hydrogens (tertiary/aromatic N) is 1. The molecule has 1 aliphatic heterocycles. The highest BCUT2D eigenvalue weighted by Crippen LogP contribution is 2.32. The fraction of sp³-hybridized carbons (Fsp3) is 0.562. The maximum absolute atomic E-state index is 5.89. The molecule has 0 radical (unpaired) electrons. The first kappa shape index (κ1) is 14.3. The van der Waals surface area contributed by atoms with Crippen molar-refractivity contribution in [1.82, 2.24) is 0 Å². The van der Waals surface area contributed by atoms with Crippen molar-refractivity contribution >= 4 is 22.9 Å². The molecule has 0 aromatic heterocycles. The van der Waals surface area contributed by atoms with Gasteiger partial charge in [0, 0.05) is 24.3 Å². The minimum atomic E-state index is 0.447. The van der Waals surface area contributed by atoms with Gasteiger partial charge < -0.3 is 10.6 Å². The van der Waals surface area contributed by atoms with Gasteiger partial charge in [-0.3, -0.25) is 0 Å². The summed E-state index contributed by atoms with van der Waals surface area (Å²) >= 11 is 5.21. The van der Waals surface area contributed by atoms with Gasteiger partial charge in [0.2, 0.25) is 0 Å². The molecule has 2 N–H and O–H groups in total. The zero-order valence-electron chi connectivity index (χ0n) is 12.2. The Morgan fingerprint density at radius 2 is 2.00 bits per heavy atom. The Bertz CT molecular complexity index is 480. The standard InChI is InChI=1S/C16H24N2S/c1-12-5-6-14(13(11-12)15(17)19)18-9-4-7-16(2,3)8-10-18/h5-6,11H,4,7-10H2,1-3H3,(H2,17,19). The van der Waals surface area contributed by atoms with E-state index in [4.69, 9.17) is 18.0 Å². The van der Waals surface area contributed by atoms with E-state index in [0.29, 0.717) is 10.4 Å². The molecule has 0 spiro atoms. The predicted octanol–water partition coefficient (Wildman–Crippen LogP) is 3.65. The average Bonchev–Trinajstić information content (AvgIpc) is 2.50. The average molecular weight is 276 g/mol. The van der Waals surface area contributed by atoms with Crippen LogP contribution in [0.2, 0.25) is 0 Å². The highest BCUT2D eigenvalue weighted by molar-refractivity contribution is 7.80. The van der Waals surface area contributed by atoms with E-state index in [1.54, 1.807) is 0 Å². The summed E-state index contributed by atoms with van der Waals surface area (Å²) in [4.78, 5) is 2.95. The Labute approximate surface area is 122 Å². The van der Waals surface area contributed by atoms with E-state index in [0.717, 1.165) is 18.7 Å². The molecule has 1 aromatic rings. The van der Waals surface area contributed by atoms with Gasteiger partial charge in [0.15, 0.2) is 0 Å². The summed E-state index contributed by atoms with van der Waals surface area (Å²) < 4.78 is 0. The summed E-state index contributed by atoms with van der Waals surface area (Å²) in [6.07, 6.45) is 3.74. The zero-order chi connectivity index (χ0) is 14.0. The van der Waals surface area contributed by atoms with Crippen LogP contribution in [-0.4, -0.2) is 18.1 Å². The van der Waals surface area contributed by atoms with Crippen molar-refractivity contribution < 1.29 is 0 Å². The molecule has 1 aliphatic rings. The molecule has 1 aromatic carbocycles. The van der Waals surface area contributed by atoms with Gasteiger partial charge in [-0.05, 0) is 43.7 Å². The van der Waals surface area contributed by atoms with Crippen LogP contribution in [0.1, 0.15) is 44.2 Å². The van der Waals surface area contributed by atoms with Gasteiger partial charge in [-0.25, -0.2) is 0 Å². The van der Waals surface area contributed by atoms with E-state index in [-0.39, 0.29) is 0 Å². The largest absolute Gasteiger partial charge is 0.389 e. The Morgan fingerprint density at radius 3 is 2.68 bits per heavy atom. The number of hydrogen-bond donors (Lipinski definition) is 1. The number of thiocarbonyl (C=S) groups is 1. The highest BCUT2D eigenvalue weighted by Gasteiger charge is 2.24. The lowest BCUT2D eigenvalue weighted by Crippen LogP contribution is -2.27. The summed E-state index contributed by atoms with van der Waals surface area (Å²) in [6, 6.07) is 6.42. The van der Waals surface area contributed by atoms with Crippen molar-refractivity contribution in [2.45, 2.75) is 40.0 Å². The normalized spacial score (nSPS) is 19.0. The third kappa shape index (κ3) is 3.47. The summed E-state index contributed by atoms with van der Waals surface area (Å²) in [5.41, 5.74) is 9.77. The molecular weight excluding hydrogens is 252 g/mol. The third-order valence-corrected chi connectivity index (χ3v) is 4.32. The SMILES string of the molecule is Cc1ccc(N2CCCC(C)(C)CC2)c(C(N)=S)c1. The number of aryl methyl sites for hydroxylation is 1. The Kier molecular flexibility index (Phi) is 4.14. The fourth-order valence-corrected chi connectivity index (χ4v) is 2.95. The highest BCUT2D eigenvalue weighted by atomic mass is 32.1. The molecule has 1 heterocycles. The molecule has 104 valence electrons. The molecule has 2 rings (SSSR count). The smallest absolute Gasteiger partial charge is 0.106 e. The first-order chi connectivity index (χ1) is 8.89. The minimum absolute atomic E-state index is 0.447. The van der Waals surface area contributed by atoms with Crippen LogP contribution in [0.5, 0.6) is 0 Å². The van der Waals surface area contributed by atoms with Gasteiger partial charge in [0.05, 0.1) is 0 Å². The summed E-state index contributed by atoms with van der Waals surface area (Å²) in [6.45, 7) is 8.99. The first-order valence-electron chi connectivity index (χ1n) is 7.04. The fourth-order valence-electron chi connectivity index (χ4n) is 2.79. The van der Waals surface area contributed by atoms with E-state index in [1.165, 1.54) is 30.5 Å². The molecule has 0 bridgehead atoms. The summed E-state index contributed by atoms with van der Waals surface area (Å²) in [5, 5.41) is 0. The van der Waals surface area contributed by atoms with Crippen molar-refractivity contribution in [3.63, 3.8) is 0 Å². The minimum Gasteiger partial charge on any atom is -0.389 e. The first-order valence-corrected chi connectivity index (χ1v) is 7.45. The van der Waals surface area contributed by atoms with E-state index in [1.807, 2.05) is 0 Å². The monoisotopic (exact) mass is 276 g/mol. The van der Waals surface area contributed by atoms with Crippen molar-refractivity contribution in [1.29, 1.82) is 0 Å². The lowest BCUT2D eigenvalue weighted by Gasteiger charge is -2.27. The summed E-state index contributed by atoms with van der Waals surface area (Å²) in [7, 11) is 0. The second kappa shape index (κ2) is 5.49. The van der Waals surface area contributed by atoms with E-state index >= 15 is 0 Å². The van der Waals surface area contributed by atoms with E-state index in [9.17, 15) is 0 Å². The van der Waals surface area contributed by atoms with Crippen molar-refractivity contribution in [2.75, 3.05) is 18.0 Å². The van der Waals surface area contributed by atoms with Gasteiger partial charge in [-0.1, -0.05) is 37.7 Å². The van der Waals surface area contributed by atoms with Gasteiger partial charge >= 0.3 is 0 Å². The summed E-state index contributed by atoms with van der Waals surface area (Å²) in [5.74, 6) is 0. The number of nitrogens with two attached hydrogens (primary N) is 1. The van der Waals surface area contributed by atoms with Crippen molar-refractivity contribution in [3.05, 3.63) is 29.3 Å². The van der Waals surface area contributed by atoms with Crippen LogP contribution in [0.15, 0.2) is 18.2 Å². The van der Waals surface area contributed by atoms with Crippen LogP contribution in [0.3, 0.4) is 0 Å². The van der Waals surface area contributed by atoms with Gasteiger partial charge in [-0.2, -0.15) is 0 Å². The van der Waals surface area contributed by atoms with E-state index < -0.39 is 0 Å². The molecule has 1 fully saturated rings. The van der Waals surface area contributed by atoms with Crippen LogP contribution in [-0.2, 0) is 0 Å². The number of anilines is 1. The van der Waals surface area contributed by atoms with Gasteiger partial charge in [0.25, 0.3) is 0 Å². The van der Waals surface area contributed by atoms with Crippen LogP contribution < -0.4 is 10.6 Å². The molecule has 0 saturated carbocycles. The molecule has 0 aliphatic carbocycles. The zero-order valence-corrected chi connectivity index (χ0v) is 13.0. The Morgan fingerprint density at radius 1 is 1.26 bits per heavy atom. The second-order valence-electron chi connectivity index (χ2n) is 6.39. The van der Waals surface area contributed by atoms with Crippen molar-refractivity contribution in [2.24, 2.45) is 11.1 Å². The predicted molar refractivity (Wildman–Crippen MR) is 86.9 cm³/mol. The number of rotatable bonds is 2. The molecular formula is C16H24N2S. The molecule has 19 heavy (non-hydrogen) atoms. The van der Waals surface area contributed by atoms with E-state index in [2.05, 4.69) is 43.9 Å². The lowest BCUT2D eigenvalue weighted by atomic mass is 9.85. The second-order valence-corrected chi connectivity index (χ2v) is 6.83. The Hall–Kier alpha value is -1.09. The van der Waals surface area contributed by atoms with Gasteiger partial charge in [0.1, 0.15) is 4.99 Å². The molecule has 0 amide bonds. The quantitative estimate of drug-likeness (QED) is 0.836. The molecule has 0 atom stereocenters. The molecule has 2 nitrogen and oxygen atoms in total. The third-order valence-electron chi connectivity index (χ3n) is 4.10. The molecule has 0 unspecified atom stereocenters. The van der Waals surface area contributed by atoms with Crippen LogP contribution in [0.4, 0.5) is 5.69 Å². The van der Waals surface area contributed by atoms with Crippen LogP contribution >= 0.6 is 12.2 Å². The Balaban J connectivity index is 2.29. The maximum atomic E-state index is 5.89. The van der Waals surface area contributed by atoms with Crippen LogP contribution in [0, 0.1) is 12.3 Å². The lowest BCUT2D eigenvalue weighted by molar-refractivity contribution is 0.325. The number of benzene rings is 1.